The van der Waals surface area contributed by atoms with Crippen LogP contribution in [0.1, 0.15) is 13.8 Å². The van der Waals surface area contributed by atoms with E-state index in [9.17, 15) is 0 Å². The van der Waals surface area contributed by atoms with Gasteiger partial charge in [0.2, 0.25) is 0 Å². The molecular formula is C7H15NO. The van der Waals surface area contributed by atoms with Crippen LogP contribution in [0.4, 0.5) is 0 Å². The number of rotatable bonds is 4. The summed E-state index contributed by atoms with van der Waals surface area (Å²) < 4.78 is 0. The average Bonchev–Trinajstić information content (AvgIpc) is 1.83. The number of nitrogens with one attached hydrogen (secondary N) is 1. The molecule has 0 rings (SSSR count). The van der Waals surface area contributed by atoms with Crippen LogP contribution in [-0.4, -0.2) is 24.3 Å². The maximum atomic E-state index is 8.56. The van der Waals surface area contributed by atoms with Crippen molar-refractivity contribution in [1.29, 1.82) is 0 Å². The second kappa shape index (κ2) is 4.53. The Morgan fingerprint density at radius 1 is 1.78 bits per heavy atom. The van der Waals surface area contributed by atoms with E-state index < -0.39 is 0 Å². The summed E-state index contributed by atoms with van der Waals surface area (Å²) >= 11 is 0. The summed E-state index contributed by atoms with van der Waals surface area (Å²) in [6.07, 6.45) is 0. The standard InChI is InChI=1S/C7H15NO/c1-6(2)4-8-7(3)5-9/h7-9H,1,4-5H2,2-3H3/t7-/m0/s1. The summed E-state index contributed by atoms with van der Waals surface area (Å²) in [4.78, 5) is 0. The first-order valence-corrected chi connectivity index (χ1v) is 3.15. The van der Waals surface area contributed by atoms with Crippen molar-refractivity contribution in [3.05, 3.63) is 12.2 Å². The van der Waals surface area contributed by atoms with E-state index in [0.717, 1.165) is 12.1 Å². The molecule has 0 bridgehead atoms. The van der Waals surface area contributed by atoms with Gasteiger partial charge in [0.15, 0.2) is 0 Å². The molecule has 2 N–H and O–H groups in total. The van der Waals surface area contributed by atoms with Gasteiger partial charge in [-0.15, -0.1) is 0 Å². The van der Waals surface area contributed by atoms with Crippen LogP contribution in [0.2, 0.25) is 0 Å². The third-order valence-corrected chi connectivity index (χ3v) is 1.03. The van der Waals surface area contributed by atoms with E-state index in [1.807, 2.05) is 13.8 Å². The number of hydrogen-bond donors (Lipinski definition) is 2. The molecule has 0 saturated heterocycles. The lowest BCUT2D eigenvalue weighted by atomic mass is 10.3. The fourth-order valence-electron chi connectivity index (χ4n) is 0.413. The van der Waals surface area contributed by atoms with Gasteiger partial charge >= 0.3 is 0 Å². The summed E-state index contributed by atoms with van der Waals surface area (Å²) in [5.41, 5.74) is 1.09. The fraction of sp³-hybridized carbons (Fsp3) is 0.714. The molecular weight excluding hydrogens is 114 g/mol. The molecule has 0 unspecified atom stereocenters. The van der Waals surface area contributed by atoms with Crippen LogP contribution in [0.3, 0.4) is 0 Å². The first kappa shape index (κ1) is 8.66. The second-order valence-electron chi connectivity index (χ2n) is 2.42. The molecule has 0 aromatic carbocycles. The van der Waals surface area contributed by atoms with Crippen LogP contribution < -0.4 is 5.32 Å². The van der Waals surface area contributed by atoms with Crippen molar-refractivity contribution in [2.24, 2.45) is 0 Å². The Balaban J connectivity index is 3.16. The Morgan fingerprint density at radius 2 is 2.33 bits per heavy atom. The molecule has 2 nitrogen and oxygen atoms in total. The lowest BCUT2D eigenvalue weighted by Crippen LogP contribution is -2.30. The molecule has 0 heterocycles. The lowest BCUT2D eigenvalue weighted by molar-refractivity contribution is 0.254. The maximum absolute atomic E-state index is 8.56. The molecule has 0 aliphatic rings. The van der Waals surface area contributed by atoms with Crippen molar-refractivity contribution in [1.82, 2.24) is 5.32 Å². The summed E-state index contributed by atoms with van der Waals surface area (Å²) in [6, 6.07) is 0.182. The highest BCUT2D eigenvalue weighted by Crippen LogP contribution is 1.84. The van der Waals surface area contributed by atoms with Crippen LogP contribution >= 0.6 is 0 Å². The van der Waals surface area contributed by atoms with Gasteiger partial charge in [-0.3, -0.25) is 0 Å². The summed E-state index contributed by atoms with van der Waals surface area (Å²) in [7, 11) is 0. The first-order chi connectivity index (χ1) is 4.16. The predicted molar refractivity (Wildman–Crippen MR) is 39.4 cm³/mol. The monoisotopic (exact) mass is 129 g/mol. The third-order valence-electron chi connectivity index (χ3n) is 1.03. The van der Waals surface area contributed by atoms with E-state index in [4.69, 9.17) is 5.11 Å². The van der Waals surface area contributed by atoms with Crippen LogP contribution in [0.15, 0.2) is 12.2 Å². The Kier molecular flexibility index (Phi) is 4.36. The molecule has 0 aliphatic heterocycles. The number of aliphatic hydroxyl groups is 1. The van der Waals surface area contributed by atoms with Crippen molar-refractivity contribution < 1.29 is 5.11 Å². The molecule has 0 spiro atoms. The highest BCUT2D eigenvalue weighted by atomic mass is 16.3. The van der Waals surface area contributed by atoms with Gasteiger partial charge in [-0.1, -0.05) is 12.2 Å². The molecule has 0 saturated carbocycles. The van der Waals surface area contributed by atoms with Crippen LogP contribution in [-0.2, 0) is 0 Å². The van der Waals surface area contributed by atoms with Gasteiger partial charge in [0.25, 0.3) is 0 Å². The summed E-state index contributed by atoms with van der Waals surface area (Å²) in [5, 5.41) is 11.6. The van der Waals surface area contributed by atoms with E-state index in [1.54, 1.807) is 0 Å². The first-order valence-electron chi connectivity index (χ1n) is 3.15. The van der Waals surface area contributed by atoms with Gasteiger partial charge in [-0.2, -0.15) is 0 Å². The molecule has 2 heteroatoms. The van der Waals surface area contributed by atoms with Gasteiger partial charge in [-0.25, -0.2) is 0 Å². The van der Waals surface area contributed by atoms with Crippen LogP contribution in [0, 0.1) is 0 Å². The minimum absolute atomic E-state index is 0.182. The van der Waals surface area contributed by atoms with E-state index in [-0.39, 0.29) is 12.6 Å². The molecule has 0 aromatic rings. The molecule has 9 heavy (non-hydrogen) atoms. The minimum Gasteiger partial charge on any atom is -0.395 e. The topological polar surface area (TPSA) is 32.3 Å². The van der Waals surface area contributed by atoms with Gasteiger partial charge in [0, 0.05) is 12.6 Å². The van der Waals surface area contributed by atoms with Gasteiger partial charge in [0.1, 0.15) is 0 Å². The lowest BCUT2D eigenvalue weighted by Gasteiger charge is -2.09. The second-order valence-corrected chi connectivity index (χ2v) is 2.42. The zero-order valence-electron chi connectivity index (χ0n) is 6.15. The average molecular weight is 129 g/mol. The molecule has 1 atom stereocenters. The zero-order valence-corrected chi connectivity index (χ0v) is 6.15. The van der Waals surface area contributed by atoms with Crippen LogP contribution in [0.25, 0.3) is 0 Å². The molecule has 0 aliphatic carbocycles. The van der Waals surface area contributed by atoms with Crippen molar-refractivity contribution in [3.63, 3.8) is 0 Å². The molecule has 0 aromatic heterocycles. The SMILES string of the molecule is C=C(C)CN[C@@H](C)CO. The maximum Gasteiger partial charge on any atom is 0.0582 e. The van der Waals surface area contributed by atoms with Crippen molar-refractivity contribution in [3.8, 4) is 0 Å². The predicted octanol–water partition coefficient (Wildman–Crippen LogP) is 0.533. The Bertz CT molecular complexity index is 90.9. The smallest absolute Gasteiger partial charge is 0.0582 e. The molecule has 0 fully saturated rings. The highest BCUT2D eigenvalue weighted by molar-refractivity contribution is 4.91. The van der Waals surface area contributed by atoms with E-state index in [0.29, 0.717) is 0 Å². The normalized spacial score (nSPS) is 13.2. The van der Waals surface area contributed by atoms with Crippen molar-refractivity contribution >= 4 is 0 Å². The fourth-order valence-corrected chi connectivity index (χ4v) is 0.413. The van der Waals surface area contributed by atoms with Crippen LogP contribution in [0.5, 0.6) is 0 Å². The number of hydrogen-bond acceptors (Lipinski definition) is 2. The Hall–Kier alpha value is -0.340. The van der Waals surface area contributed by atoms with Gasteiger partial charge in [-0.05, 0) is 13.8 Å². The molecule has 0 amide bonds. The third kappa shape index (κ3) is 5.53. The van der Waals surface area contributed by atoms with Gasteiger partial charge in [0.05, 0.1) is 6.61 Å². The minimum atomic E-state index is 0.182. The molecule has 0 radical (unpaired) electrons. The number of aliphatic hydroxyl groups excluding tert-OH is 1. The highest BCUT2D eigenvalue weighted by Gasteiger charge is 1.95. The molecule has 54 valence electrons. The summed E-state index contributed by atoms with van der Waals surface area (Å²) in [6.45, 7) is 8.59. The quantitative estimate of drug-likeness (QED) is 0.543. The largest absolute Gasteiger partial charge is 0.395 e. The Morgan fingerprint density at radius 3 is 2.67 bits per heavy atom. The Labute approximate surface area is 56.6 Å². The van der Waals surface area contributed by atoms with Crippen molar-refractivity contribution in [2.75, 3.05) is 13.2 Å². The zero-order chi connectivity index (χ0) is 7.28. The summed E-state index contributed by atoms with van der Waals surface area (Å²) in [5.74, 6) is 0. The van der Waals surface area contributed by atoms with Gasteiger partial charge < -0.3 is 10.4 Å². The van der Waals surface area contributed by atoms with Crippen molar-refractivity contribution in [2.45, 2.75) is 19.9 Å². The van der Waals surface area contributed by atoms with E-state index >= 15 is 0 Å². The van der Waals surface area contributed by atoms with E-state index in [2.05, 4.69) is 11.9 Å². The van der Waals surface area contributed by atoms with E-state index in [1.165, 1.54) is 0 Å².